The van der Waals surface area contributed by atoms with Crippen molar-refractivity contribution in [3.63, 3.8) is 0 Å². The van der Waals surface area contributed by atoms with Gasteiger partial charge in [-0.15, -0.1) is 5.10 Å². The minimum atomic E-state index is 0.749. The van der Waals surface area contributed by atoms with Gasteiger partial charge in [0.2, 0.25) is 0 Å². The summed E-state index contributed by atoms with van der Waals surface area (Å²) in [5.41, 5.74) is 4.05. The number of aromatic amines is 1. The molecule has 0 fully saturated rings. The molecule has 5 aromatic rings. The Morgan fingerprint density at radius 3 is 3.00 bits per heavy atom. The maximum Gasteiger partial charge on any atom is 0.191 e. The standard InChI is InChI=1S/C18H14N6S/c1-11-20-17-14-4-2-3-5-15(14)21-18(24(17)23-11)25-10-12-6-7-13-9-19-22-16(13)8-12/h2-9H,10H2,1H3,(H,19,22). The molecule has 0 aliphatic heterocycles. The van der Waals surface area contributed by atoms with Gasteiger partial charge in [-0.25, -0.2) is 9.97 Å². The van der Waals surface area contributed by atoms with Crippen molar-refractivity contribution in [1.82, 2.24) is 29.8 Å². The first kappa shape index (κ1) is 14.4. The minimum absolute atomic E-state index is 0.749. The Kier molecular flexibility index (Phi) is 3.21. The van der Waals surface area contributed by atoms with Crippen molar-refractivity contribution in [3.8, 4) is 0 Å². The first-order valence-electron chi connectivity index (χ1n) is 7.95. The van der Waals surface area contributed by atoms with E-state index in [1.54, 1.807) is 11.8 Å². The number of rotatable bonds is 3. The lowest BCUT2D eigenvalue weighted by molar-refractivity contribution is 0.797. The van der Waals surface area contributed by atoms with Gasteiger partial charge in [-0.05, 0) is 30.7 Å². The Bertz CT molecular complexity index is 1220. The quantitative estimate of drug-likeness (QED) is 0.398. The molecule has 3 aromatic heterocycles. The zero-order valence-corrected chi connectivity index (χ0v) is 14.3. The normalized spacial score (nSPS) is 11.7. The lowest BCUT2D eigenvalue weighted by Crippen LogP contribution is -1.98. The predicted molar refractivity (Wildman–Crippen MR) is 98.7 cm³/mol. The van der Waals surface area contributed by atoms with Crippen LogP contribution in [0.1, 0.15) is 11.4 Å². The topological polar surface area (TPSA) is 71.8 Å². The average molecular weight is 346 g/mol. The van der Waals surface area contributed by atoms with E-state index in [9.17, 15) is 0 Å². The summed E-state index contributed by atoms with van der Waals surface area (Å²) in [5, 5.41) is 14.6. The summed E-state index contributed by atoms with van der Waals surface area (Å²) in [5.74, 6) is 1.55. The van der Waals surface area contributed by atoms with E-state index in [0.717, 1.165) is 44.2 Å². The second kappa shape index (κ2) is 5.56. The van der Waals surface area contributed by atoms with Crippen molar-refractivity contribution in [1.29, 1.82) is 0 Å². The molecule has 3 heterocycles. The Balaban J connectivity index is 1.56. The van der Waals surface area contributed by atoms with E-state index >= 15 is 0 Å². The van der Waals surface area contributed by atoms with Crippen LogP contribution in [0.3, 0.4) is 0 Å². The molecule has 0 amide bonds. The minimum Gasteiger partial charge on any atom is -0.278 e. The van der Waals surface area contributed by atoms with E-state index in [-0.39, 0.29) is 0 Å². The maximum atomic E-state index is 4.79. The maximum absolute atomic E-state index is 4.79. The SMILES string of the molecule is Cc1nc2c3ccccc3nc(SCc3ccc4cn[nH]c4c3)n2n1. The third-order valence-corrected chi connectivity index (χ3v) is 5.13. The number of H-pyrrole nitrogens is 1. The highest BCUT2D eigenvalue weighted by Gasteiger charge is 2.12. The second-order valence-corrected chi connectivity index (χ2v) is 6.83. The summed E-state index contributed by atoms with van der Waals surface area (Å²) >= 11 is 1.66. The fraction of sp³-hybridized carbons (Fsp3) is 0.111. The molecule has 0 radical (unpaired) electrons. The molecule has 0 bridgehead atoms. The average Bonchev–Trinajstić information content (AvgIpc) is 3.25. The van der Waals surface area contributed by atoms with E-state index in [4.69, 9.17) is 4.98 Å². The van der Waals surface area contributed by atoms with Crippen LogP contribution in [0, 0.1) is 6.92 Å². The first-order valence-corrected chi connectivity index (χ1v) is 8.93. The third-order valence-electron chi connectivity index (χ3n) is 4.13. The van der Waals surface area contributed by atoms with Crippen molar-refractivity contribution in [2.45, 2.75) is 17.8 Å². The summed E-state index contributed by atoms with van der Waals surface area (Å²) in [7, 11) is 0. The molecule has 0 aliphatic rings. The number of aromatic nitrogens is 6. The van der Waals surface area contributed by atoms with Crippen LogP contribution in [-0.2, 0) is 5.75 Å². The van der Waals surface area contributed by atoms with Crippen molar-refractivity contribution < 1.29 is 0 Å². The van der Waals surface area contributed by atoms with Crippen molar-refractivity contribution in [2.75, 3.05) is 0 Å². The van der Waals surface area contributed by atoms with Crippen LogP contribution in [0.15, 0.2) is 53.8 Å². The lowest BCUT2D eigenvalue weighted by atomic mass is 10.2. The molecule has 6 nitrogen and oxygen atoms in total. The number of nitrogens with one attached hydrogen (secondary N) is 1. The zero-order valence-electron chi connectivity index (χ0n) is 13.5. The van der Waals surface area contributed by atoms with Gasteiger partial charge in [0.1, 0.15) is 5.82 Å². The predicted octanol–water partition coefficient (Wildman–Crippen LogP) is 3.75. The molecule has 0 saturated heterocycles. The van der Waals surface area contributed by atoms with Crippen LogP contribution in [0.4, 0.5) is 0 Å². The summed E-state index contributed by atoms with van der Waals surface area (Å²) in [6.45, 7) is 1.91. The number of thioether (sulfide) groups is 1. The number of nitrogens with zero attached hydrogens (tertiary/aromatic N) is 5. The molecule has 7 heteroatoms. The number of fused-ring (bicyclic) bond motifs is 4. The highest BCUT2D eigenvalue weighted by molar-refractivity contribution is 7.98. The number of hydrogen-bond acceptors (Lipinski definition) is 5. The van der Waals surface area contributed by atoms with Crippen LogP contribution in [-0.4, -0.2) is 29.8 Å². The molecule has 0 unspecified atom stereocenters. The molecule has 0 aliphatic carbocycles. The van der Waals surface area contributed by atoms with E-state index in [1.165, 1.54) is 5.56 Å². The number of aryl methyl sites for hydroxylation is 1. The Labute approximate surface area is 147 Å². The molecule has 0 saturated carbocycles. The van der Waals surface area contributed by atoms with E-state index in [2.05, 4.69) is 38.5 Å². The van der Waals surface area contributed by atoms with Gasteiger partial charge in [0, 0.05) is 16.5 Å². The zero-order chi connectivity index (χ0) is 16.8. The van der Waals surface area contributed by atoms with Gasteiger partial charge in [-0.1, -0.05) is 36.0 Å². The van der Waals surface area contributed by atoms with E-state index in [0.29, 0.717) is 0 Å². The van der Waals surface area contributed by atoms with Crippen LogP contribution in [0.2, 0.25) is 0 Å². The second-order valence-electron chi connectivity index (χ2n) is 5.89. The van der Waals surface area contributed by atoms with Gasteiger partial charge in [0.05, 0.1) is 17.2 Å². The van der Waals surface area contributed by atoms with Crippen molar-refractivity contribution in [2.24, 2.45) is 0 Å². The number of hydrogen-bond donors (Lipinski definition) is 1. The summed E-state index contributed by atoms with van der Waals surface area (Å²) in [6.07, 6.45) is 1.83. The molecule has 122 valence electrons. The van der Waals surface area contributed by atoms with Gasteiger partial charge in [0.25, 0.3) is 0 Å². The van der Waals surface area contributed by atoms with E-state index in [1.807, 2.05) is 41.9 Å². The fourth-order valence-electron chi connectivity index (χ4n) is 2.95. The number of para-hydroxylation sites is 1. The lowest BCUT2D eigenvalue weighted by Gasteiger charge is -2.06. The Morgan fingerprint density at radius 1 is 1.12 bits per heavy atom. The molecule has 2 aromatic carbocycles. The molecular weight excluding hydrogens is 332 g/mol. The summed E-state index contributed by atoms with van der Waals surface area (Å²) in [4.78, 5) is 9.36. The molecule has 0 atom stereocenters. The summed E-state index contributed by atoms with van der Waals surface area (Å²) < 4.78 is 1.84. The first-order chi connectivity index (χ1) is 12.3. The van der Waals surface area contributed by atoms with Gasteiger partial charge in [0.15, 0.2) is 10.8 Å². The van der Waals surface area contributed by atoms with Crippen LogP contribution in [0.25, 0.3) is 27.5 Å². The van der Waals surface area contributed by atoms with E-state index < -0.39 is 0 Å². The van der Waals surface area contributed by atoms with Gasteiger partial charge in [-0.3, -0.25) is 5.10 Å². The highest BCUT2D eigenvalue weighted by atomic mass is 32.2. The van der Waals surface area contributed by atoms with Gasteiger partial charge >= 0.3 is 0 Å². The van der Waals surface area contributed by atoms with Crippen LogP contribution in [0.5, 0.6) is 0 Å². The van der Waals surface area contributed by atoms with Gasteiger partial charge in [-0.2, -0.15) is 9.61 Å². The molecule has 5 rings (SSSR count). The number of benzene rings is 2. The molecule has 1 N–H and O–H groups in total. The van der Waals surface area contributed by atoms with Gasteiger partial charge < -0.3 is 0 Å². The fourth-order valence-corrected chi connectivity index (χ4v) is 3.84. The molecule has 25 heavy (non-hydrogen) atoms. The smallest absolute Gasteiger partial charge is 0.191 e. The monoisotopic (exact) mass is 346 g/mol. The Hall–Kier alpha value is -2.93. The highest BCUT2D eigenvalue weighted by Crippen LogP contribution is 2.27. The molecule has 0 spiro atoms. The van der Waals surface area contributed by atoms with Crippen LogP contribution >= 0.6 is 11.8 Å². The summed E-state index contributed by atoms with van der Waals surface area (Å²) in [6, 6.07) is 14.4. The van der Waals surface area contributed by atoms with Crippen molar-refractivity contribution in [3.05, 3.63) is 60.0 Å². The van der Waals surface area contributed by atoms with Crippen molar-refractivity contribution >= 4 is 39.2 Å². The largest absolute Gasteiger partial charge is 0.278 e. The third kappa shape index (κ3) is 2.44. The molecular formula is C18H14N6S. The van der Waals surface area contributed by atoms with Crippen LogP contribution < -0.4 is 0 Å². The Morgan fingerprint density at radius 2 is 2.04 bits per heavy atom.